The van der Waals surface area contributed by atoms with E-state index in [4.69, 9.17) is 0 Å². The minimum Gasteiger partial charge on any atom is -0.465 e. The number of ether oxygens (including phenoxy) is 1. The third-order valence-electron chi connectivity index (χ3n) is 3.86. The van der Waals surface area contributed by atoms with E-state index in [-0.39, 0.29) is 17.6 Å². The third-order valence-corrected chi connectivity index (χ3v) is 3.86. The van der Waals surface area contributed by atoms with Gasteiger partial charge in [-0.3, -0.25) is 4.90 Å². The Morgan fingerprint density at radius 3 is 2.32 bits per heavy atom. The summed E-state index contributed by atoms with van der Waals surface area (Å²) in [6.45, 7) is 4.56. The minimum absolute atomic E-state index is 0.114. The smallest absolute Gasteiger partial charge is 0.407 e. The first-order chi connectivity index (χ1) is 10.3. The highest BCUT2D eigenvalue weighted by molar-refractivity contribution is 5.90. The summed E-state index contributed by atoms with van der Waals surface area (Å²) in [5.74, 6) is -1.37. The Kier molecular flexibility index (Phi) is 4.54. The summed E-state index contributed by atoms with van der Waals surface area (Å²) >= 11 is 0. The molecule has 1 fully saturated rings. The molecule has 1 saturated heterocycles. The van der Waals surface area contributed by atoms with E-state index in [1.54, 1.807) is 6.07 Å². The van der Waals surface area contributed by atoms with E-state index in [1.165, 1.54) is 24.1 Å². The van der Waals surface area contributed by atoms with Crippen molar-refractivity contribution in [3.8, 4) is 0 Å². The molecule has 0 bridgehead atoms. The van der Waals surface area contributed by atoms with Gasteiger partial charge in [0.05, 0.1) is 24.8 Å². The monoisotopic (exact) mass is 310 g/mol. The molecule has 22 heavy (non-hydrogen) atoms. The summed E-state index contributed by atoms with van der Waals surface area (Å²) in [7, 11) is 1.20. The van der Waals surface area contributed by atoms with Crippen LogP contribution in [0.2, 0.25) is 0 Å². The Morgan fingerprint density at radius 1 is 1.27 bits per heavy atom. The van der Waals surface area contributed by atoms with Gasteiger partial charge in [-0.05, 0) is 32.0 Å². The number of amides is 1. The molecule has 1 aromatic rings. The molecule has 2 rings (SSSR count). The summed E-state index contributed by atoms with van der Waals surface area (Å²) in [4.78, 5) is 25.9. The number of nitrogens with zero attached hydrogens (tertiary/aromatic N) is 2. The lowest BCUT2D eigenvalue weighted by molar-refractivity contribution is 0.0595. The number of hydrogen-bond acceptors (Lipinski definition) is 4. The second-order valence-corrected chi connectivity index (χ2v) is 5.45. The molecule has 0 aliphatic carbocycles. The second-order valence-electron chi connectivity index (χ2n) is 5.45. The molecule has 1 aromatic carbocycles. The van der Waals surface area contributed by atoms with Crippen LogP contribution < -0.4 is 4.90 Å². The number of rotatable bonds is 2. The lowest BCUT2D eigenvalue weighted by Crippen LogP contribution is -2.58. The fourth-order valence-electron chi connectivity index (χ4n) is 2.89. The van der Waals surface area contributed by atoms with Crippen molar-refractivity contribution in [2.45, 2.75) is 25.9 Å². The van der Waals surface area contributed by atoms with Crippen LogP contribution in [0.1, 0.15) is 24.2 Å². The molecule has 1 aliphatic heterocycles. The summed E-state index contributed by atoms with van der Waals surface area (Å²) in [6, 6.07) is 3.90. The van der Waals surface area contributed by atoms with Gasteiger partial charge in [0.1, 0.15) is 5.82 Å². The maximum atomic E-state index is 14.0. The number of carbonyl (C=O) groups is 2. The van der Waals surface area contributed by atoms with E-state index in [1.807, 2.05) is 18.7 Å². The van der Waals surface area contributed by atoms with E-state index >= 15 is 0 Å². The van der Waals surface area contributed by atoms with Gasteiger partial charge in [-0.15, -0.1) is 0 Å². The van der Waals surface area contributed by atoms with Crippen LogP contribution in [-0.4, -0.2) is 54.4 Å². The zero-order valence-electron chi connectivity index (χ0n) is 12.7. The highest BCUT2D eigenvalue weighted by atomic mass is 19.1. The van der Waals surface area contributed by atoms with Gasteiger partial charge >= 0.3 is 12.1 Å². The Balaban J connectivity index is 2.21. The van der Waals surface area contributed by atoms with Crippen molar-refractivity contribution in [2.75, 3.05) is 25.1 Å². The highest BCUT2D eigenvalue weighted by Gasteiger charge is 2.33. The van der Waals surface area contributed by atoms with Crippen molar-refractivity contribution in [1.82, 2.24) is 4.90 Å². The van der Waals surface area contributed by atoms with Gasteiger partial charge in [0.2, 0.25) is 0 Å². The molecule has 7 heteroatoms. The molecule has 1 amide bonds. The fraction of sp³-hybridized carbons (Fsp3) is 0.467. The van der Waals surface area contributed by atoms with Crippen LogP contribution in [0.5, 0.6) is 0 Å². The van der Waals surface area contributed by atoms with E-state index in [2.05, 4.69) is 4.74 Å². The summed E-state index contributed by atoms with van der Waals surface area (Å²) < 4.78 is 18.5. The molecule has 0 radical (unpaired) electrons. The first kappa shape index (κ1) is 16.1. The molecule has 0 saturated carbocycles. The molecule has 2 unspecified atom stereocenters. The Bertz CT molecular complexity index is 581. The van der Waals surface area contributed by atoms with Gasteiger partial charge in [-0.1, -0.05) is 0 Å². The third kappa shape index (κ3) is 2.98. The lowest BCUT2D eigenvalue weighted by atomic mass is 10.1. The van der Waals surface area contributed by atoms with Crippen molar-refractivity contribution in [1.29, 1.82) is 0 Å². The van der Waals surface area contributed by atoms with Crippen LogP contribution in [0.25, 0.3) is 0 Å². The second kappa shape index (κ2) is 6.21. The number of carbonyl (C=O) groups excluding carboxylic acids is 1. The first-order valence-corrected chi connectivity index (χ1v) is 6.99. The molecule has 1 heterocycles. The van der Waals surface area contributed by atoms with Gasteiger partial charge in [0.15, 0.2) is 0 Å². The van der Waals surface area contributed by atoms with Crippen LogP contribution in [0.15, 0.2) is 18.2 Å². The average Bonchev–Trinajstić information content (AvgIpc) is 2.45. The predicted octanol–water partition coefficient (Wildman–Crippen LogP) is 2.19. The fourth-order valence-corrected chi connectivity index (χ4v) is 2.89. The molecular weight excluding hydrogens is 291 g/mol. The predicted molar refractivity (Wildman–Crippen MR) is 78.7 cm³/mol. The highest BCUT2D eigenvalue weighted by Crippen LogP contribution is 2.24. The Hall–Kier alpha value is -2.31. The van der Waals surface area contributed by atoms with Gasteiger partial charge < -0.3 is 14.7 Å². The molecule has 0 aromatic heterocycles. The van der Waals surface area contributed by atoms with Gasteiger partial charge in [-0.25, -0.2) is 14.0 Å². The number of benzene rings is 1. The van der Waals surface area contributed by atoms with Crippen molar-refractivity contribution in [3.05, 3.63) is 29.6 Å². The number of esters is 1. The maximum Gasteiger partial charge on any atom is 0.407 e. The van der Waals surface area contributed by atoms with Crippen LogP contribution >= 0.6 is 0 Å². The summed E-state index contributed by atoms with van der Waals surface area (Å²) in [5.41, 5.74) is 0.505. The number of anilines is 1. The van der Waals surface area contributed by atoms with Gasteiger partial charge in [-0.2, -0.15) is 0 Å². The van der Waals surface area contributed by atoms with Gasteiger partial charge in [0, 0.05) is 18.8 Å². The van der Waals surface area contributed by atoms with E-state index < -0.39 is 17.9 Å². The van der Waals surface area contributed by atoms with Crippen molar-refractivity contribution < 1.29 is 23.8 Å². The number of hydrogen-bond donors (Lipinski definition) is 1. The zero-order chi connectivity index (χ0) is 16.4. The van der Waals surface area contributed by atoms with Crippen LogP contribution in [-0.2, 0) is 4.74 Å². The van der Waals surface area contributed by atoms with Crippen LogP contribution in [0, 0.1) is 5.82 Å². The SMILES string of the molecule is COC(=O)c1ccc(N2CC(C)N(C(=O)O)C(C)C2)cc1F. The normalized spacial score (nSPS) is 21.6. The lowest BCUT2D eigenvalue weighted by Gasteiger charge is -2.43. The summed E-state index contributed by atoms with van der Waals surface area (Å²) in [5, 5.41) is 9.20. The van der Waals surface area contributed by atoms with Crippen molar-refractivity contribution in [3.63, 3.8) is 0 Å². The van der Waals surface area contributed by atoms with E-state index in [0.717, 1.165) is 0 Å². The average molecular weight is 310 g/mol. The van der Waals surface area contributed by atoms with Crippen molar-refractivity contribution >= 4 is 17.7 Å². The number of methoxy groups -OCH3 is 1. The number of piperazine rings is 1. The first-order valence-electron chi connectivity index (χ1n) is 6.99. The van der Waals surface area contributed by atoms with E-state index in [9.17, 15) is 19.1 Å². The molecule has 0 spiro atoms. The molecule has 6 nitrogen and oxygen atoms in total. The van der Waals surface area contributed by atoms with Crippen LogP contribution in [0.3, 0.4) is 0 Å². The molecule has 1 N–H and O–H groups in total. The quantitative estimate of drug-likeness (QED) is 0.848. The standard InChI is InChI=1S/C15H19FN2O4/c1-9-7-17(8-10(2)18(9)15(20)21)11-4-5-12(13(16)6-11)14(19)22-3/h4-6,9-10H,7-8H2,1-3H3,(H,20,21). The zero-order valence-corrected chi connectivity index (χ0v) is 12.7. The molecule has 2 atom stereocenters. The van der Waals surface area contributed by atoms with E-state index in [0.29, 0.717) is 18.8 Å². The molecule has 120 valence electrons. The number of carboxylic acid groups (broad SMARTS) is 1. The minimum atomic E-state index is -0.952. The van der Waals surface area contributed by atoms with Gasteiger partial charge in [0.25, 0.3) is 0 Å². The molecular formula is C15H19FN2O4. The van der Waals surface area contributed by atoms with Crippen molar-refractivity contribution in [2.24, 2.45) is 0 Å². The Labute approximate surface area is 128 Å². The largest absolute Gasteiger partial charge is 0.465 e. The Morgan fingerprint density at radius 2 is 1.86 bits per heavy atom. The summed E-state index contributed by atoms with van der Waals surface area (Å²) in [6.07, 6.45) is -0.952. The topological polar surface area (TPSA) is 70.1 Å². The van der Waals surface area contributed by atoms with Crippen LogP contribution in [0.4, 0.5) is 14.9 Å². The maximum absolute atomic E-state index is 14.0. The number of halogens is 1. The molecule has 1 aliphatic rings.